The summed E-state index contributed by atoms with van der Waals surface area (Å²) in [6.45, 7) is 0. The number of ether oxygens (including phenoxy) is 2. The van der Waals surface area contributed by atoms with Gasteiger partial charge in [0.25, 0.3) is 17.5 Å². The van der Waals surface area contributed by atoms with E-state index in [0.29, 0.717) is 26.4 Å². The molecule has 0 bridgehead atoms. The van der Waals surface area contributed by atoms with Crippen molar-refractivity contribution in [2.75, 3.05) is 24.5 Å². The number of phenols is 1. The number of nitrogens with one attached hydrogen (secondary N) is 1. The lowest BCUT2D eigenvalue weighted by Gasteiger charge is -2.50. The second-order valence-electron chi connectivity index (χ2n) is 14.0. The number of amides is 4. The highest BCUT2D eigenvalue weighted by molar-refractivity contribution is 9.10. The molecule has 286 valence electrons. The minimum Gasteiger partial charge on any atom is -0.504 e. The van der Waals surface area contributed by atoms with Crippen LogP contribution >= 0.6 is 39.1 Å². The molecule has 3 fully saturated rings. The molecule has 6 unspecified atom stereocenters. The average Bonchev–Trinajstić information content (AvgIpc) is 3.57. The molecule has 1 saturated carbocycles. The maximum Gasteiger partial charge on any atom is 0.269 e. The van der Waals surface area contributed by atoms with E-state index in [2.05, 4.69) is 21.4 Å². The minimum absolute atomic E-state index is 0.0222. The summed E-state index contributed by atoms with van der Waals surface area (Å²) in [4.78, 5) is 71.0. The largest absolute Gasteiger partial charge is 0.504 e. The van der Waals surface area contributed by atoms with Crippen molar-refractivity contribution < 1.29 is 38.7 Å². The molecule has 56 heavy (non-hydrogen) atoms. The summed E-state index contributed by atoms with van der Waals surface area (Å²) in [7, 11) is 2.90. The lowest BCUT2D eigenvalue weighted by Crippen LogP contribution is -2.53. The predicted octanol–water partition coefficient (Wildman–Crippen LogP) is 7.58. The number of nitrogens with zero attached hydrogens (tertiary/aromatic N) is 3. The number of methoxy groups -OCH3 is 2. The summed E-state index contributed by atoms with van der Waals surface area (Å²) in [5.41, 5.74) is 2.71. The Hall–Kier alpha value is -5.44. The second-order valence-corrected chi connectivity index (χ2v) is 15.8. The Bertz CT molecular complexity index is 2390. The van der Waals surface area contributed by atoms with Crippen LogP contribution in [0, 0.1) is 33.8 Å². The number of benzene rings is 4. The van der Waals surface area contributed by atoms with Gasteiger partial charge in [-0.05, 0) is 78.9 Å². The van der Waals surface area contributed by atoms with E-state index in [1.54, 1.807) is 42.5 Å². The summed E-state index contributed by atoms with van der Waals surface area (Å²) in [5, 5.41) is 24.7. The Morgan fingerprint density at radius 2 is 1.62 bits per heavy atom. The lowest BCUT2D eigenvalue weighted by molar-refractivity contribution is -0.384. The van der Waals surface area contributed by atoms with Gasteiger partial charge in [0.2, 0.25) is 11.8 Å². The number of hydrogen-bond acceptors (Lipinski definition) is 10. The molecule has 13 nitrogen and oxygen atoms in total. The molecule has 2 saturated heterocycles. The fourth-order valence-electron chi connectivity index (χ4n) is 9.14. The van der Waals surface area contributed by atoms with Gasteiger partial charge in [0, 0.05) is 33.1 Å². The zero-order valence-corrected chi connectivity index (χ0v) is 32.7. The van der Waals surface area contributed by atoms with Crippen LogP contribution in [0.3, 0.4) is 0 Å². The number of nitro groups is 1. The van der Waals surface area contributed by atoms with Gasteiger partial charge in [-0.15, -0.1) is 0 Å². The number of allylic oxidation sites excluding steroid dienone is 2. The maximum atomic E-state index is 15.5. The predicted molar refractivity (Wildman–Crippen MR) is 209 cm³/mol. The number of hydrogen-bond donors (Lipinski definition) is 2. The number of imide groups is 2. The number of carbonyl (C=O) groups is 4. The first-order valence-electron chi connectivity index (χ1n) is 17.4. The fourth-order valence-corrected chi connectivity index (χ4v) is 10.0. The van der Waals surface area contributed by atoms with Crippen molar-refractivity contribution in [1.29, 1.82) is 0 Å². The first-order chi connectivity index (χ1) is 26.8. The zero-order valence-electron chi connectivity index (χ0n) is 29.6. The monoisotopic (exact) mass is 860 g/mol. The SMILES string of the molecule is COc1ccc(C23C(=O)N(Nc4ccc(Cl)cc4Cl)C(=O)C2CC2C(=CCC4C(=O)N(c5ccc([N+](=O)[O-])cc5)C(=O)C42)C3c2cc(Br)cc(OC)c2O)cc1. The second kappa shape index (κ2) is 13.9. The van der Waals surface area contributed by atoms with Crippen LogP contribution in [0.1, 0.15) is 29.9 Å². The van der Waals surface area contributed by atoms with Gasteiger partial charge in [-0.3, -0.25) is 39.6 Å². The summed E-state index contributed by atoms with van der Waals surface area (Å²) < 4.78 is 11.5. The molecule has 16 heteroatoms. The average molecular weight is 863 g/mol. The van der Waals surface area contributed by atoms with Gasteiger partial charge in [0.05, 0.1) is 58.7 Å². The van der Waals surface area contributed by atoms with Gasteiger partial charge in [0.1, 0.15) is 5.75 Å². The minimum atomic E-state index is -1.72. The van der Waals surface area contributed by atoms with Crippen molar-refractivity contribution in [2.45, 2.75) is 24.2 Å². The van der Waals surface area contributed by atoms with Crippen LogP contribution in [0.15, 0.2) is 95.0 Å². The maximum absolute atomic E-state index is 15.5. The molecule has 4 aromatic carbocycles. The van der Waals surface area contributed by atoms with Gasteiger partial charge < -0.3 is 14.6 Å². The Balaban J connectivity index is 1.34. The van der Waals surface area contributed by atoms with Gasteiger partial charge in [-0.2, -0.15) is 5.01 Å². The fraction of sp³-hybridized carbons (Fsp3) is 0.250. The Kier molecular flexibility index (Phi) is 9.33. The summed E-state index contributed by atoms with van der Waals surface area (Å²) in [6, 6.07) is 19.7. The number of carbonyl (C=O) groups excluding carboxylic acids is 4. The van der Waals surface area contributed by atoms with Crippen LogP contribution in [0.25, 0.3) is 0 Å². The van der Waals surface area contributed by atoms with Crippen molar-refractivity contribution >= 4 is 79.8 Å². The van der Waals surface area contributed by atoms with Crippen LogP contribution in [0.4, 0.5) is 17.1 Å². The number of aromatic hydroxyl groups is 1. The highest BCUT2D eigenvalue weighted by atomic mass is 79.9. The first-order valence-corrected chi connectivity index (χ1v) is 19.0. The van der Waals surface area contributed by atoms with Crippen molar-refractivity contribution in [3.8, 4) is 17.2 Å². The summed E-state index contributed by atoms with van der Waals surface area (Å²) in [5.74, 6) is -6.70. The van der Waals surface area contributed by atoms with E-state index in [9.17, 15) is 29.6 Å². The molecule has 4 aliphatic rings. The van der Waals surface area contributed by atoms with Gasteiger partial charge >= 0.3 is 0 Å². The van der Waals surface area contributed by atoms with Crippen LogP contribution in [0.5, 0.6) is 17.2 Å². The van der Waals surface area contributed by atoms with Crippen LogP contribution in [0.2, 0.25) is 10.0 Å². The van der Waals surface area contributed by atoms with Gasteiger partial charge in [-0.25, -0.2) is 0 Å². The number of anilines is 2. The molecule has 8 rings (SSSR count). The topological polar surface area (TPSA) is 169 Å². The lowest BCUT2D eigenvalue weighted by atomic mass is 9.49. The molecule has 4 amide bonds. The van der Waals surface area contributed by atoms with Crippen LogP contribution in [-0.2, 0) is 24.6 Å². The van der Waals surface area contributed by atoms with Crippen molar-refractivity contribution in [2.24, 2.45) is 23.7 Å². The molecule has 0 spiro atoms. The molecule has 2 heterocycles. The van der Waals surface area contributed by atoms with Crippen molar-refractivity contribution in [1.82, 2.24) is 5.01 Å². The molecule has 2 N–H and O–H groups in total. The Morgan fingerprint density at radius 3 is 2.27 bits per heavy atom. The molecule has 4 aromatic rings. The molecule has 6 atom stereocenters. The molecule has 2 aliphatic carbocycles. The number of halogens is 3. The first kappa shape index (κ1) is 37.5. The van der Waals surface area contributed by atoms with E-state index in [4.69, 9.17) is 32.7 Å². The number of hydrazine groups is 1. The highest BCUT2D eigenvalue weighted by Gasteiger charge is 2.71. The van der Waals surface area contributed by atoms with Crippen LogP contribution < -0.4 is 19.8 Å². The van der Waals surface area contributed by atoms with E-state index in [0.717, 1.165) is 9.91 Å². The zero-order chi connectivity index (χ0) is 39.8. The van der Waals surface area contributed by atoms with E-state index in [1.165, 1.54) is 50.6 Å². The van der Waals surface area contributed by atoms with Crippen molar-refractivity contribution in [3.05, 3.63) is 126 Å². The van der Waals surface area contributed by atoms with Gasteiger partial charge in [0.15, 0.2) is 11.5 Å². The highest BCUT2D eigenvalue weighted by Crippen LogP contribution is 2.65. The number of phenolic OH excluding ortho intramolecular Hbond substituents is 1. The summed E-state index contributed by atoms with van der Waals surface area (Å²) in [6.07, 6.45) is 1.94. The smallest absolute Gasteiger partial charge is 0.269 e. The third kappa shape index (κ3) is 5.56. The van der Waals surface area contributed by atoms with E-state index >= 15 is 4.79 Å². The van der Waals surface area contributed by atoms with E-state index < -0.39 is 63.6 Å². The number of fused-ring (bicyclic) bond motifs is 4. The normalized spacial score (nSPS) is 25.4. The van der Waals surface area contributed by atoms with E-state index in [-0.39, 0.29) is 52.0 Å². The third-order valence-electron chi connectivity index (χ3n) is 11.5. The number of rotatable bonds is 8. The third-order valence-corrected chi connectivity index (χ3v) is 12.5. The molecule has 0 radical (unpaired) electrons. The molecule has 0 aromatic heterocycles. The van der Waals surface area contributed by atoms with Crippen LogP contribution in [-0.4, -0.2) is 52.9 Å². The molecule has 2 aliphatic heterocycles. The Labute approximate surface area is 338 Å². The van der Waals surface area contributed by atoms with Crippen molar-refractivity contribution in [3.63, 3.8) is 0 Å². The molecular weight excluding hydrogens is 831 g/mol. The standard InChI is InChI=1S/C40H31BrCl2N4O9/c1-55-24-10-3-19(4-11-24)40-29(37(50)46(39(40)52)44-31-14-5-21(42)17-30(31)43)18-27-25(34(40)28-15-20(41)16-32(56-2)35(28)48)12-13-26-33(27)38(51)45(36(26)49)22-6-8-23(9-7-22)47(53)54/h3-12,14-17,26-27,29,33-34,44,48H,13,18H2,1-2H3. The van der Waals surface area contributed by atoms with Gasteiger partial charge in [-0.1, -0.05) is 62.9 Å². The van der Waals surface area contributed by atoms with E-state index in [1.807, 2.05) is 6.08 Å². The quantitative estimate of drug-likeness (QED) is 0.0780. The number of nitro benzene ring substituents is 1. The Morgan fingerprint density at radius 1 is 0.911 bits per heavy atom. The number of non-ortho nitro benzene ring substituents is 1. The summed E-state index contributed by atoms with van der Waals surface area (Å²) >= 11 is 16.2. The molecular formula is C40H31BrCl2N4O9.